The Balaban J connectivity index is 2.41. The second-order valence-corrected chi connectivity index (χ2v) is 8.97. The van der Waals surface area contributed by atoms with Crippen molar-refractivity contribution >= 4 is 60.5 Å². The van der Waals surface area contributed by atoms with Crippen molar-refractivity contribution in [2.24, 2.45) is 0 Å². The summed E-state index contributed by atoms with van der Waals surface area (Å²) in [6, 6.07) is 3.55. The van der Waals surface area contributed by atoms with Crippen molar-refractivity contribution in [2.45, 2.75) is 18.4 Å². The average Bonchev–Trinajstić information content (AvgIpc) is 2.70. The fourth-order valence-electron chi connectivity index (χ4n) is 1.75. The Morgan fingerprint density at radius 2 is 1.90 bits per heavy atom. The van der Waals surface area contributed by atoms with Crippen molar-refractivity contribution in [1.29, 1.82) is 0 Å². The molecule has 0 spiro atoms. The molecule has 0 amide bonds. The van der Waals surface area contributed by atoms with Gasteiger partial charge in [0.1, 0.15) is 13.6 Å². The van der Waals surface area contributed by atoms with Crippen molar-refractivity contribution in [3.63, 3.8) is 0 Å². The highest BCUT2D eigenvalue weighted by Crippen LogP contribution is 2.44. The second-order valence-electron chi connectivity index (χ2n) is 4.08. The third-order valence-electron chi connectivity index (χ3n) is 2.79. The molecule has 0 radical (unpaired) electrons. The van der Waals surface area contributed by atoms with Gasteiger partial charge in [-0.05, 0) is 33.6 Å². The highest BCUT2D eigenvalue weighted by molar-refractivity contribution is 9.10. The van der Waals surface area contributed by atoms with Crippen LogP contribution in [-0.2, 0) is 16.6 Å². The van der Waals surface area contributed by atoms with Gasteiger partial charge in [-0.25, -0.2) is 8.42 Å². The smallest absolute Gasteiger partial charge is 0.246 e. The molecule has 21 heavy (non-hydrogen) atoms. The summed E-state index contributed by atoms with van der Waals surface area (Å²) in [5, 5.41) is 0. The van der Waals surface area contributed by atoms with E-state index in [1.807, 2.05) is 0 Å². The monoisotopic (exact) mass is 428 g/mol. The fraction of sp³-hybridized carbons (Fsp3) is 0.250. The van der Waals surface area contributed by atoms with Gasteiger partial charge in [0.25, 0.3) is 0 Å². The van der Waals surface area contributed by atoms with Crippen LogP contribution in [0.25, 0.3) is 0 Å². The zero-order valence-corrected chi connectivity index (χ0v) is 15.6. The van der Waals surface area contributed by atoms with Gasteiger partial charge in [-0.2, -0.15) is 4.31 Å². The van der Waals surface area contributed by atoms with Gasteiger partial charge in [0.05, 0.1) is 4.47 Å². The SMILES string of the molecule is CCN(Cc1ccncc1)S(=O)(=O)c1c(Cl)sc(Cl)c1Br. The first-order valence-electron chi connectivity index (χ1n) is 5.90. The molecule has 0 fully saturated rings. The van der Waals surface area contributed by atoms with E-state index >= 15 is 0 Å². The van der Waals surface area contributed by atoms with Crippen LogP contribution < -0.4 is 0 Å². The van der Waals surface area contributed by atoms with E-state index in [1.165, 1.54) is 4.31 Å². The summed E-state index contributed by atoms with van der Waals surface area (Å²) in [5.41, 5.74) is 0.851. The molecule has 2 aromatic heterocycles. The molecule has 0 aliphatic heterocycles. The molecule has 0 N–H and O–H groups in total. The van der Waals surface area contributed by atoms with E-state index in [9.17, 15) is 8.42 Å². The molecule has 0 saturated heterocycles. The Labute approximate surface area is 145 Å². The number of sulfonamides is 1. The number of rotatable bonds is 5. The van der Waals surface area contributed by atoms with Gasteiger partial charge in [0.2, 0.25) is 10.0 Å². The van der Waals surface area contributed by atoms with Crippen LogP contribution in [0.5, 0.6) is 0 Å². The van der Waals surface area contributed by atoms with Gasteiger partial charge in [-0.1, -0.05) is 30.1 Å². The number of hydrogen-bond donors (Lipinski definition) is 0. The summed E-state index contributed by atoms with van der Waals surface area (Å²) < 4.78 is 27.7. The summed E-state index contributed by atoms with van der Waals surface area (Å²) in [6.45, 7) is 2.34. The first kappa shape index (κ1) is 17.2. The zero-order valence-electron chi connectivity index (χ0n) is 10.9. The average molecular weight is 430 g/mol. The van der Waals surface area contributed by atoms with Gasteiger partial charge in [0.15, 0.2) is 0 Å². The molecule has 0 unspecified atom stereocenters. The van der Waals surface area contributed by atoms with Crippen molar-refractivity contribution < 1.29 is 8.42 Å². The Bertz CT molecular complexity index is 735. The molecule has 0 aliphatic rings. The number of nitrogens with zero attached hydrogens (tertiary/aromatic N) is 2. The topological polar surface area (TPSA) is 50.3 Å². The van der Waals surface area contributed by atoms with Gasteiger partial charge < -0.3 is 0 Å². The maximum Gasteiger partial charge on any atom is 0.246 e. The summed E-state index contributed by atoms with van der Waals surface area (Å²) in [4.78, 5) is 3.94. The van der Waals surface area contributed by atoms with Crippen molar-refractivity contribution in [3.05, 3.63) is 43.2 Å². The van der Waals surface area contributed by atoms with Gasteiger partial charge in [-0.3, -0.25) is 4.98 Å². The van der Waals surface area contributed by atoms with E-state index in [2.05, 4.69) is 20.9 Å². The number of hydrogen-bond acceptors (Lipinski definition) is 4. The fourth-order valence-corrected chi connectivity index (χ4v) is 6.66. The van der Waals surface area contributed by atoms with Gasteiger partial charge in [0, 0.05) is 25.5 Å². The number of aromatic nitrogens is 1. The Hall–Kier alpha value is -0.180. The summed E-state index contributed by atoms with van der Waals surface area (Å²) in [7, 11) is -3.73. The lowest BCUT2D eigenvalue weighted by molar-refractivity contribution is 0.423. The predicted octanol–water partition coefficient (Wildman–Crippen LogP) is 4.42. The molecule has 0 saturated carbocycles. The van der Waals surface area contributed by atoms with E-state index in [-0.39, 0.29) is 15.8 Å². The molecule has 0 aliphatic carbocycles. The molecule has 0 atom stereocenters. The van der Waals surface area contributed by atoms with Crippen LogP contribution in [-0.4, -0.2) is 24.3 Å². The van der Waals surface area contributed by atoms with Crippen LogP contribution in [0.15, 0.2) is 33.9 Å². The lowest BCUT2D eigenvalue weighted by Gasteiger charge is -2.20. The first-order chi connectivity index (χ1) is 9.87. The minimum absolute atomic E-state index is 0.0232. The quantitative estimate of drug-likeness (QED) is 0.706. The maximum atomic E-state index is 12.8. The van der Waals surface area contributed by atoms with Crippen LogP contribution in [0.4, 0.5) is 0 Å². The Kier molecular flexibility index (Phi) is 5.67. The summed E-state index contributed by atoms with van der Waals surface area (Å²) in [5.74, 6) is 0. The lowest BCUT2D eigenvalue weighted by atomic mass is 10.3. The Morgan fingerprint density at radius 1 is 1.29 bits per heavy atom. The van der Waals surface area contributed by atoms with Crippen LogP contribution in [0.3, 0.4) is 0 Å². The molecule has 4 nitrogen and oxygen atoms in total. The van der Waals surface area contributed by atoms with Crippen LogP contribution >= 0.6 is 50.5 Å². The third-order valence-corrected chi connectivity index (χ3v) is 8.17. The van der Waals surface area contributed by atoms with Crippen molar-refractivity contribution in [3.8, 4) is 0 Å². The van der Waals surface area contributed by atoms with E-state index in [1.54, 1.807) is 31.5 Å². The lowest BCUT2D eigenvalue weighted by Crippen LogP contribution is -2.30. The molecule has 9 heteroatoms. The molecule has 0 aromatic carbocycles. The van der Waals surface area contributed by atoms with E-state index in [4.69, 9.17) is 23.2 Å². The van der Waals surface area contributed by atoms with Crippen LogP contribution in [0, 0.1) is 0 Å². The number of pyridine rings is 1. The van der Waals surface area contributed by atoms with Crippen molar-refractivity contribution in [1.82, 2.24) is 9.29 Å². The van der Waals surface area contributed by atoms with Crippen molar-refractivity contribution in [2.75, 3.05) is 6.54 Å². The van der Waals surface area contributed by atoms with Gasteiger partial charge in [-0.15, -0.1) is 11.3 Å². The largest absolute Gasteiger partial charge is 0.265 e. The van der Waals surface area contributed by atoms with E-state index in [0.29, 0.717) is 15.4 Å². The zero-order chi connectivity index (χ0) is 15.6. The van der Waals surface area contributed by atoms with E-state index in [0.717, 1.165) is 16.9 Å². The minimum Gasteiger partial charge on any atom is -0.265 e. The summed E-state index contributed by atoms with van der Waals surface area (Å²) in [6.07, 6.45) is 3.25. The molecule has 114 valence electrons. The minimum atomic E-state index is -3.73. The maximum absolute atomic E-state index is 12.8. The Morgan fingerprint density at radius 3 is 2.38 bits per heavy atom. The molecule has 2 rings (SSSR count). The third kappa shape index (κ3) is 3.60. The highest BCUT2D eigenvalue weighted by Gasteiger charge is 2.31. The van der Waals surface area contributed by atoms with Gasteiger partial charge >= 0.3 is 0 Å². The molecule has 2 heterocycles. The molecule has 0 bridgehead atoms. The summed E-state index contributed by atoms with van der Waals surface area (Å²) >= 11 is 16.2. The molecule has 2 aromatic rings. The second kappa shape index (κ2) is 6.93. The standard InChI is InChI=1S/C12H11BrCl2N2O2S2/c1-2-17(7-8-3-5-16-6-4-8)21(18,19)10-9(13)11(14)20-12(10)15/h3-6H,2,7H2,1H3. The highest BCUT2D eigenvalue weighted by atomic mass is 79.9. The van der Waals surface area contributed by atoms with E-state index < -0.39 is 10.0 Å². The van der Waals surface area contributed by atoms with Crippen LogP contribution in [0.2, 0.25) is 8.67 Å². The first-order valence-corrected chi connectivity index (χ1v) is 9.70. The predicted molar refractivity (Wildman–Crippen MR) is 89.5 cm³/mol. The normalized spacial score (nSPS) is 12.0. The molecular weight excluding hydrogens is 419 g/mol. The van der Waals surface area contributed by atoms with Crippen LogP contribution in [0.1, 0.15) is 12.5 Å². The molecular formula is C12H11BrCl2N2O2S2. The number of halogens is 3. The number of thiophene rings is 1.